The molecule has 0 spiro atoms. The van der Waals surface area contributed by atoms with Gasteiger partial charge in [0.15, 0.2) is 11.5 Å². The van der Waals surface area contributed by atoms with Gasteiger partial charge in [0, 0.05) is 17.6 Å². The molecule has 1 aromatic carbocycles. The third-order valence-corrected chi connectivity index (χ3v) is 5.68. The highest BCUT2D eigenvalue weighted by Crippen LogP contribution is 2.42. The average molecular weight is 409 g/mol. The number of nitrogens with zero attached hydrogens (tertiary/aromatic N) is 1. The molecule has 0 unspecified atom stereocenters. The standard InChI is InChI=1S/C14H19Br2NO3/c1-19-11-9-10(12(15)13(16)14(11)18)3-2-4-17-5-7-20-8-6-17/h9,18H,2-8H2,1H3. The third kappa shape index (κ3) is 3.87. The topological polar surface area (TPSA) is 41.9 Å². The average Bonchev–Trinajstić information content (AvgIpc) is 2.48. The number of benzene rings is 1. The summed E-state index contributed by atoms with van der Waals surface area (Å²) in [6.45, 7) is 4.77. The molecule has 1 N–H and O–H groups in total. The van der Waals surface area contributed by atoms with E-state index in [-0.39, 0.29) is 5.75 Å². The second-order valence-electron chi connectivity index (χ2n) is 4.77. The van der Waals surface area contributed by atoms with Gasteiger partial charge in [-0.2, -0.15) is 0 Å². The first kappa shape index (κ1) is 16.1. The zero-order chi connectivity index (χ0) is 14.5. The molecule has 1 heterocycles. The number of methoxy groups -OCH3 is 1. The fraction of sp³-hybridized carbons (Fsp3) is 0.571. The Morgan fingerprint density at radius 2 is 2.00 bits per heavy atom. The molecular formula is C14H19Br2NO3. The van der Waals surface area contributed by atoms with Crippen LogP contribution < -0.4 is 4.74 Å². The van der Waals surface area contributed by atoms with Crippen molar-refractivity contribution in [2.75, 3.05) is 40.0 Å². The van der Waals surface area contributed by atoms with Crippen molar-refractivity contribution in [1.29, 1.82) is 0 Å². The first-order chi connectivity index (χ1) is 9.63. The maximum atomic E-state index is 9.91. The Labute approximate surface area is 136 Å². The van der Waals surface area contributed by atoms with Gasteiger partial charge < -0.3 is 14.6 Å². The number of halogens is 2. The molecule has 1 saturated heterocycles. The second-order valence-corrected chi connectivity index (χ2v) is 6.36. The number of phenols is 1. The van der Waals surface area contributed by atoms with E-state index in [0.717, 1.165) is 55.7 Å². The number of hydrogen-bond donors (Lipinski definition) is 1. The zero-order valence-corrected chi connectivity index (χ0v) is 14.7. The van der Waals surface area contributed by atoms with Crippen LogP contribution in [0.5, 0.6) is 11.5 Å². The van der Waals surface area contributed by atoms with Gasteiger partial charge in [-0.1, -0.05) is 0 Å². The lowest BCUT2D eigenvalue weighted by molar-refractivity contribution is 0.0374. The van der Waals surface area contributed by atoms with Crippen molar-refractivity contribution in [2.45, 2.75) is 12.8 Å². The number of aryl methyl sites for hydroxylation is 1. The van der Waals surface area contributed by atoms with Crippen LogP contribution in [0.1, 0.15) is 12.0 Å². The summed E-state index contributed by atoms with van der Waals surface area (Å²) in [7, 11) is 1.56. The van der Waals surface area contributed by atoms with Gasteiger partial charge >= 0.3 is 0 Å². The monoisotopic (exact) mass is 407 g/mol. The Balaban J connectivity index is 1.96. The quantitative estimate of drug-likeness (QED) is 0.812. The van der Waals surface area contributed by atoms with Crippen molar-refractivity contribution in [3.63, 3.8) is 0 Å². The van der Waals surface area contributed by atoms with E-state index in [1.807, 2.05) is 6.07 Å². The summed E-state index contributed by atoms with van der Waals surface area (Å²) >= 11 is 6.91. The predicted molar refractivity (Wildman–Crippen MR) is 85.6 cm³/mol. The fourth-order valence-corrected chi connectivity index (χ4v) is 3.25. The molecule has 0 amide bonds. The zero-order valence-electron chi connectivity index (χ0n) is 11.5. The summed E-state index contributed by atoms with van der Waals surface area (Å²) in [6.07, 6.45) is 2.01. The Kier molecular flexibility index (Phi) is 6.14. The highest BCUT2D eigenvalue weighted by Gasteiger charge is 2.15. The molecule has 0 saturated carbocycles. The minimum Gasteiger partial charge on any atom is -0.503 e. The molecule has 6 heteroatoms. The fourth-order valence-electron chi connectivity index (χ4n) is 2.30. The number of aromatic hydroxyl groups is 1. The van der Waals surface area contributed by atoms with Crippen LogP contribution in [0.2, 0.25) is 0 Å². The number of phenolic OH excluding ortho intramolecular Hbond substituents is 1. The van der Waals surface area contributed by atoms with Gasteiger partial charge in [-0.05, 0) is 62.9 Å². The predicted octanol–water partition coefficient (Wildman–Crippen LogP) is 3.19. The van der Waals surface area contributed by atoms with Gasteiger partial charge in [-0.3, -0.25) is 4.90 Å². The number of rotatable bonds is 5. The molecule has 0 aromatic heterocycles. The normalized spacial score (nSPS) is 16.4. The molecule has 1 fully saturated rings. The Hall–Kier alpha value is -0.300. The summed E-state index contributed by atoms with van der Waals surface area (Å²) in [5, 5.41) is 9.91. The molecule has 2 rings (SSSR count). The summed E-state index contributed by atoms with van der Waals surface area (Å²) < 4.78 is 12.1. The van der Waals surface area contributed by atoms with Crippen LogP contribution >= 0.6 is 31.9 Å². The smallest absolute Gasteiger partial charge is 0.173 e. The molecular weight excluding hydrogens is 390 g/mol. The van der Waals surface area contributed by atoms with E-state index in [4.69, 9.17) is 9.47 Å². The lowest BCUT2D eigenvalue weighted by Gasteiger charge is -2.26. The van der Waals surface area contributed by atoms with E-state index >= 15 is 0 Å². The van der Waals surface area contributed by atoms with Gasteiger partial charge in [0.2, 0.25) is 0 Å². The van der Waals surface area contributed by atoms with Gasteiger partial charge in [-0.25, -0.2) is 0 Å². The molecule has 0 atom stereocenters. The molecule has 0 aliphatic carbocycles. The van der Waals surface area contributed by atoms with Gasteiger partial charge in [0.05, 0.1) is 24.8 Å². The molecule has 0 radical (unpaired) electrons. The molecule has 112 valence electrons. The van der Waals surface area contributed by atoms with Crippen LogP contribution in [0.15, 0.2) is 15.0 Å². The first-order valence-electron chi connectivity index (χ1n) is 6.67. The largest absolute Gasteiger partial charge is 0.503 e. The van der Waals surface area contributed by atoms with Gasteiger partial charge in [0.25, 0.3) is 0 Å². The van der Waals surface area contributed by atoms with Crippen molar-refractivity contribution in [2.24, 2.45) is 0 Å². The maximum absolute atomic E-state index is 9.91. The van der Waals surface area contributed by atoms with E-state index in [0.29, 0.717) is 10.2 Å². The number of ether oxygens (including phenoxy) is 2. The maximum Gasteiger partial charge on any atom is 0.173 e. The highest BCUT2D eigenvalue weighted by molar-refractivity contribution is 9.13. The van der Waals surface area contributed by atoms with Crippen LogP contribution in [-0.2, 0) is 11.2 Å². The van der Waals surface area contributed by atoms with E-state index in [1.165, 1.54) is 0 Å². The molecule has 1 aromatic rings. The molecule has 1 aliphatic heterocycles. The van der Waals surface area contributed by atoms with Crippen LogP contribution in [0, 0.1) is 0 Å². The van der Waals surface area contributed by atoms with Crippen LogP contribution in [0.3, 0.4) is 0 Å². The second kappa shape index (κ2) is 7.64. The lowest BCUT2D eigenvalue weighted by Crippen LogP contribution is -2.36. The van der Waals surface area contributed by atoms with Crippen molar-refractivity contribution in [3.8, 4) is 11.5 Å². The summed E-state index contributed by atoms with van der Waals surface area (Å²) in [6, 6.07) is 1.89. The van der Waals surface area contributed by atoms with Crippen molar-refractivity contribution in [1.82, 2.24) is 4.90 Å². The molecule has 4 nitrogen and oxygen atoms in total. The van der Waals surface area contributed by atoms with E-state index < -0.39 is 0 Å². The third-order valence-electron chi connectivity index (χ3n) is 3.47. The highest BCUT2D eigenvalue weighted by atomic mass is 79.9. The Morgan fingerprint density at radius 1 is 1.30 bits per heavy atom. The van der Waals surface area contributed by atoms with Gasteiger partial charge in [-0.15, -0.1) is 0 Å². The molecule has 0 bridgehead atoms. The molecule has 20 heavy (non-hydrogen) atoms. The van der Waals surface area contributed by atoms with E-state index in [2.05, 4.69) is 36.8 Å². The van der Waals surface area contributed by atoms with Crippen LogP contribution in [-0.4, -0.2) is 50.0 Å². The summed E-state index contributed by atoms with van der Waals surface area (Å²) in [5.74, 6) is 0.637. The number of hydrogen-bond acceptors (Lipinski definition) is 4. The summed E-state index contributed by atoms with van der Waals surface area (Å²) in [4.78, 5) is 2.42. The SMILES string of the molecule is COc1cc(CCCN2CCOCC2)c(Br)c(Br)c1O. The first-order valence-corrected chi connectivity index (χ1v) is 8.26. The molecule has 1 aliphatic rings. The van der Waals surface area contributed by atoms with Crippen LogP contribution in [0.4, 0.5) is 0 Å². The number of morpholine rings is 1. The van der Waals surface area contributed by atoms with E-state index in [9.17, 15) is 5.11 Å². The van der Waals surface area contributed by atoms with Crippen molar-refractivity contribution >= 4 is 31.9 Å². The minimum absolute atomic E-state index is 0.135. The van der Waals surface area contributed by atoms with Crippen molar-refractivity contribution in [3.05, 3.63) is 20.6 Å². The lowest BCUT2D eigenvalue weighted by atomic mass is 10.1. The van der Waals surface area contributed by atoms with Crippen LogP contribution in [0.25, 0.3) is 0 Å². The van der Waals surface area contributed by atoms with E-state index in [1.54, 1.807) is 7.11 Å². The Morgan fingerprint density at radius 3 is 2.65 bits per heavy atom. The van der Waals surface area contributed by atoms with Gasteiger partial charge in [0.1, 0.15) is 0 Å². The Bertz CT molecular complexity index is 462. The summed E-state index contributed by atoms with van der Waals surface area (Å²) in [5.41, 5.74) is 1.14. The minimum atomic E-state index is 0.135. The van der Waals surface area contributed by atoms with Crippen molar-refractivity contribution < 1.29 is 14.6 Å².